The number of carbonyl (C=O) groups excluding carboxylic acids is 1. The number of nitro groups is 1. The maximum atomic E-state index is 13.1. The second kappa shape index (κ2) is 7.78. The topological polar surface area (TPSA) is 102 Å². The molecule has 2 heterocycles. The summed E-state index contributed by atoms with van der Waals surface area (Å²) in [4.78, 5) is 25.0. The van der Waals surface area contributed by atoms with Crippen molar-refractivity contribution in [2.45, 2.75) is 18.8 Å². The highest BCUT2D eigenvalue weighted by molar-refractivity contribution is 5.98. The van der Waals surface area contributed by atoms with Crippen LogP contribution in [0, 0.1) is 15.9 Å². The SMILES string of the molecule is O=C(c1ccccc1[N+](=O)[O-])N1CCC(c2nnc(-c3ccc(F)cc3)o2)CC1. The number of hydrogen-bond donors (Lipinski definition) is 0. The molecule has 0 saturated carbocycles. The van der Waals surface area contributed by atoms with Gasteiger partial charge in [0.2, 0.25) is 11.8 Å². The standard InChI is InChI=1S/C20H17FN4O4/c21-15-7-5-13(6-8-15)18-22-23-19(29-18)14-9-11-24(12-10-14)20(26)16-3-1-2-4-17(16)25(27)28/h1-8,14H,9-12H2. The van der Waals surface area contributed by atoms with E-state index in [1.54, 1.807) is 23.1 Å². The minimum Gasteiger partial charge on any atom is -0.420 e. The van der Waals surface area contributed by atoms with Crippen LogP contribution in [0.15, 0.2) is 52.9 Å². The number of hydrogen-bond acceptors (Lipinski definition) is 6. The maximum absolute atomic E-state index is 13.1. The van der Waals surface area contributed by atoms with E-state index in [1.807, 2.05) is 0 Å². The van der Waals surface area contributed by atoms with Gasteiger partial charge in [0, 0.05) is 30.6 Å². The van der Waals surface area contributed by atoms with Crippen molar-refractivity contribution in [3.8, 4) is 11.5 Å². The summed E-state index contributed by atoms with van der Waals surface area (Å²) in [5.74, 6) is 0.0875. The van der Waals surface area contributed by atoms with Gasteiger partial charge in [-0.2, -0.15) is 0 Å². The van der Waals surface area contributed by atoms with Crippen LogP contribution in [0.1, 0.15) is 35.0 Å². The normalized spacial score (nSPS) is 14.7. The number of para-hydroxylation sites is 1. The van der Waals surface area contributed by atoms with Crippen LogP contribution in [-0.4, -0.2) is 39.0 Å². The third-order valence-corrected chi connectivity index (χ3v) is 4.99. The molecule has 29 heavy (non-hydrogen) atoms. The zero-order chi connectivity index (χ0) is 20.4. The van der Waals surface area contributed by atoms with E-state index in [0.29, 0.717) is 43.3 Å². The van der Waals surface area contributed by atoms with Gasteiger partial charge in [0.05, 0.1) is 4.92 Å². The van der Waals surface area contributed by atoms with Crippen LogP contribution in [0.25, 0.3) is 11.5 Å². The molecule has 1 fully saturated rings. The lowest BCUT2D eigenvalue weighted by molar-refractivity contribution is -0.385. The van der Waals surface area contributed by atoms with Gasteiger partial charge in [-0.15, -0.1) is 10.2 Å². The lowest BCUT2D eigenvalue weighted by Gasteiger charge is -2.30. The van der Waals surface area contributed by atoms with E-state index in [2.05, 4.69) is 10.2 Å². The number of amides is 1. The molecule has 3 aromatic rings. The Morgan fingerprint density at radius 1 is 1.10 bits per heavy atom. The minimum absolute atomic E-state index is 0.00786. The van der Waals surface area contributed by atoms with Crippen molar-refractivity contribution in [2.75, 3.05) is 13.1 Å². The van der Waals surface area contributed by atoms with E-state index >= 15 is 0 Å². The average molecular weight is 396 g/mol. The Morgan fingerprint density at radius 3 is 2.48 bits per heavy atom. The fraction of sp³-hybridized carbons (Fsp3) is 0.250. The molecule has 0 bridgehead atoms. The summed E-state index contributed by atoms with van der Waals surface area (Å²) in [6.45, 7) is 0.869. The lowest BCUT2D eigenvalue weighted by atomic mass is 9.96. The minimum atomic E-state index is -0.546. The molecule has 148 valence electrons. The lowest BCUT2D eigenvalue weighted by Crippen LogP contribution is -2.38. The summed E-state index contributed by atoms with van der Waals surface area (Å²) in [5.41, 5.74) is 0.530. The van der Waals surface area contributed by atoms with E-state index in [1.165, 1.54) is 30.3 Å². The van der Waals surface area contributed by atoms with Gasteiger partial charge in [-0.05, 0) is 43.2 Å². The van der Waals surface area contributed by atoms with Crippen molar-refractivity contribution in [1.82, 2.24) is 15.1 Å². The predicted octanol–water partition coefficient (Wildman–Crippen LogP) is 3.80. The van der Waals surface area contributed by atoms with Gasteiger partial charge in [-0.25, -0.2) is 4.39 Å². The molecular formula is C20H17FN4O4. The molecule has 1 saturated heterocycles. The fourth-order valence-corrected chi connectivity index (χ4v) is 3.42. The number of carbonyl (C=O) groups is 1. The van der Waals surface area contributed by atoms with E-state index in [0.717, 1.165) is 0 Å². The molecule has 1 aliphatic rings. The molecular weight excluding hydrogens is 379 g/mol. The van der Waals surface area contributed by atoms with Crippen molar-refractivity contribution >= 4 is 11.6 Å². The monoisotopic (exact) mass is 396 g/mol. The maximum Gasteiger partial charge on any atom is 0.282 e. The third kappa shape index (κ3) is 3.84. The fourth-order valence-electron chi connectivity index (χ4n) is 3.42. The number of aromatic nitrogens is 2. The van der Waals surface area contributed by atoms with Crippen LogP contribution in [0.4, 0.5) is 10.1 Å². The van der Waals surface area contributed by atoms with Gasteiger partial charge < -0.3 is 9.32 Å². The third-order valence-electron chi connectivity index (χ3n) is 4.99. The Bertz CT molecular complexity index is 1040. The average Bonchev–Trinajstić information content (AvgIpc) is 3.24. The van der Waals surface area contributed by atoms with Crippen molar-refractivity contribution in [3.63, 3.8) is 0 Å². The van der Waals surface area contributed by atoms with Gasteiger partial charge >= 0.3 is 0 Å². The number of likely N-dealkylation sites (tertiary alicyclic amines) is 1. The molecule has 0 unspecified atom stereocenters. The number of halogens is 1. The second-order valence-corrected chi connectivity index (χ2v) is 6.79. The van der Waals surface area contributed by atoms with Gasteiger partial charge in [-0.3, -0.25) is 14.9 Å². The number of nitrogens with zero attached hydrogens (tertiary/aromatic N) is 4. The molecule has 0 spiro atoms. The van der Waals surface area contributed by atoms with Crippen LogP contribution in [0.2, 0.25) is 0 Å². The molecule has 2 aromatic carbocycles. The second-order valence-electron chi connectivity index (χ2n) is 6.79. The van der Waals surface area contributed by atoms with Crippen molar-refractivity contribution in [3.05, 3.63) is 75.9 Å². The smallest absolute Gasteiger partial charge is 0.282 e. The zero-order valence-corrected chi connectivity index (χ0v) is 15.3. The van der Waals surface area contributed by atoms with Crippen LogP contribution in [0.3, 0.4) is 0 Å². The van der Waals surface area contributed by atoms with Crippen LogP contribution < -0.4 is 0 Å². The van der Waals surface area contributed by atoms with Gasteiger partial charge in [0.25, 0.3) is 11.6 Å². The summed E-state index contributed by atoms with van der Waals surface area (Å²) in [7, 11) is 0. The first-order valence-corrected chi connectivity index (χ1v) is 9.15. The van der Waals surface area contributed by atoms with E-state index in [-0.39, 0.29) is 28.9 Å². The van der Waals surface area contributed by atoms with Crippen LogP contribution in [-0.2, 0) is 0 Å². The number of piperidine rings is 1. The molecule has 1 aromatic heterocycles. The highest BCUT2D eigenvalue weighted by Gasteiger charge is 2.30. The molecule has 0 N–H and O–H groups in total. The summed E-state index contributed by atoms with van der Waals surface area (Å²) >= 11 is 0. The Balaban J connectivity index is 1.43. The van der Waals surface area contributed by atoms with Gasteiger partial charge in [-0.1, -0.05) is 12.1 Å². The Labute approximate surface area is 165 Å². The van der Waals surface area contributed by atoms with Crippen LogP contribution >= 0.6 is 0 Å². The van der Waals surface area contributed by atoms with Crippen LogP contribution in [0.5, 0.6) is 0 Å². The molecule has 9 heteroatoms. The number of nitro benzene ring substituents is 1. The van der Waals surface area contributed by atoms with E-state index < -0.39 is 4.92 Å². The van der Waals surface area contributed by atoms with E-state index in [4.69, 9.17) is 4.42 Å². The molecule has 4 rings (SSSR count). The summed E-state index contributed by atoms with van der Waals surface area (Å²) in [5, 5.41) is 19.3. The molecule has 8 nitrogen and oxygen atoms in total. The first-order valence-electron chi connectivity index (χ1n) is 9.15. The van der Waals surface area contributed by atoms with Crippen molar-refractivity contribution < 1.29 is 18.5 Å². The highest BCUT2D eigenvalue weighted by atomic mass is 19.1. The highest BCUT2D eigenvalue weighted by Crippen LogP contribution is 2.30. The first-order chi connectivity index (χ1) is 14.0. The molecule has 0 aliphatic carbocycles. The van der Waals surface area contributed by atoms with E-state index in [9.17, 15) is 19.3 Å². The number of benzene rings is 2. The van der Waals surface area contributed by atoms with Gasteiger partial charge in [0.1, 0.15) is 11.4 Å². The van der Waals surface area contributed by atoms with Crippen molar-refractivity contribution in [1.29, 1.82) is 0 Å². The number of rotatable bonds is 4. The molecule has 0 atom stereocenters. The first kappa shape index (κ1) is 18.7. The molecule has 1 amide bonds. The predicted molar refractivity (Wildman–Crippen MR) is 101 cm³/mol. The molecule has 1 aliphatic heterocycles. The molecule has 0 radical (unpaired) electrons. The quantitative estimate of drug-likeness (QED) is 0.491. The summed E-state index contributed by atoms with van der Waals surface area (Å²) in [6.07, 6.45) is 1.22. The zero-order valence-electron chi connectivity index (χ0n) is 15.3. The Hall–Kier alpha value is -3.62. The summed E-state index contributed by atoms with van der Waals surface area (Å²) < 4.78 is 18.8. The Morgan fingerprint density at radius 2 is 1.79 bits per heavy atom. The summed E-state index contributed by atoms with van der Waals surface area (Å²) in [6, 6.07) is 11.7. The largest absolute Gasteiger partial charge is 0.420 e. The Kier molecular flexibility index (Phi) is 5.03. The van der Waals surface area contributed by atoms with Crippen molar-refractivity contribution in [2.24, 2.45) is 0 Å². The van der Waals surface area contributed by atoms with Gasteiger partial charge in [0.15, 0.2) is 0 Å².